The molecule has 0 amide bonds. The number of hydrogen-bond acceptors (Lipinski definition) is 2. The maximum atomic E-state index is 6.84. The number of allylic oxidation sites excluding steroid dienone is 2. The summed E-state index contributed by atoms with van der Waals surface area (Å²) >= 11 is 0. The Morgan fingerprint density at radius 3 is 2.50 bits per heavy atom. The molecule has 2 aliphatic carbocycles. The molecule has 0 spiro atoms. The van der Waals surface area contributed by atoms with E-state index >= 15 is 0 Å². The minimum absolute atomic E-state index is 0.152. The van der Waals surface area contributed by atoms with E-state index in [4.69, 9.17) is 11.5 Å². The van der Waals surface area contributed by atoms with E-state index in [1.165, 1.54) is 62.5 Å². The number of nitrogen functional groups attached to an aromatic ring is 1. The summed E-state index contributed by atoms with van der Waals surface area (Å²) in [6, 6.07) is 6.30. The van der Waals surface area contributed by atoms with Crippen molar-refractivity contribution in [1.29, 1.82) is 0 Å². The van der Waals surface area contributed by atoms with Crippen LogP contribution in [-0.4, -0.2) is 5.54 Å². The van der Waals surface area contributed by atoms with E-state index in [-0.39, 0.29) is 5.54 Å². The molecule has 0 aromatic heterocycles. The summed E-state index contributed by atoms with van der Waals surface area (Å²) in [6.07, 6.45) is 18.7. The Bertz CT molecular complexity index is 665. The van der Waals surface area contributed by atoms with Crippen molar-refractivity contribution in [3.05, 3.63) is 47.6 Å². The zero-order valence-corrected chi connectivity index (χ0v) is 16.6. The lowest BCUT2D eigenvalue weighted by Crippen LogP contribution is -2.47. The molecule has 0 bridgehead atoms. The highest BCUT2D eigenvalue weighted by atomic mass is 14.8. The summed E-state index contributed by atoms with van der Waals surface area (Å²) in [5, 5.41) is 0. The van der Waals surface area contributed by atoms with E-state index in [1.807, 2.05) is 6.07 Å². The molecule has 2 aliphatic rings. The average molecular weight is 353 g/mol. The fraction of sp³-hybridized carbons (Fsp3) is 0.583. The summed E-state index contributed by atoms with van der Waals surface area (Å²) < 4.78 is 0. The monoisotopic (exact) mass is 352 g/mol. The lowest BCUT2D eigenvalue weighted by atomic mass is 9.68. The van der Waals surface area contributed by atoms with Crippen LogP contribution in [0, 0.1) is 18.8 Å². The summed E-state index contributed by atoms with van der Waals surface area (Å²) in [4.78, 5) is 0. The zero-order chi connectivity index (χ0) is 18.6. The molecule has 1 aromatic carbocycles. The molecular weight excluding hydrogens is 316 g/mol. The summed E-state index contributed by atoms with van der Waals surface area (Å²) in [7, 11) is 0. The van der Waals surface area contributed by atoms with Crippen LogP contribution in [-0.2, 0) is 0 Å². The van der Waals surface area contributed by atoms with Gasteiger partial charge in [0.1, 0.15) is 0 Å². The van der Waals surface area contributed by atoms with E-state index < -0.39 is 0 Å². The van der Waals surface area contributed by atoms with Gasteiger partial charge in [0.05, 0.1) is 0 Å². The number of rotatable bonds is 6. The van der Waals surface area contributed by atoms with E-state index in [1.54, 1.807) is 0 Å². The molecule has 0 heterocycles. The quantitative estimate of drug-likeness (QED) is 0.487. The highest BCUT2D eigenvalue weighted by Gasteiger charge is 2.35. The zero-order valence-electron chi connectivity index (χ0n) is 16.6. The van der Waals surface area contributed by atoms with Gasteiger partial charge in [-0.2, -0.15) is 0 Å². The van der Waals surface area contributed by atoms with Crippen molar-refractivity contribution in [2.24, 2.45) is 17.6 Å². The smallest absolute Gasteiger partial charge is 0.0406 e. The Kier molecular flexibility index (Phi) is 6.24. The van der Waals surface area contributed by atoms with Crippen LogP contribution < -0.4 is 11.5 Å². The Labute approximate surface area is 159 Å². The standard InChI is InChI=1S/C24H36N2/c1-3-4-5-6-19-7-10-22(11-8-19)24(26)15-13-20(14-16-24)21-9-12-23(25)18(2)17-21/h9,12-15,17,19,22H,3-8,10-11,16,25-26H2,1-2H3/t19-,22-,24?. The highest BCUT2D eigenvalue weighted by molar-refractivity contribution is 5.77. The molecule has 1 aromatic rings. The molecule has 1 saturated carbocycles. The first-order valence-corrected chi connectivity index (χ1v) is 10.6. The molecule has 0 radical (unpaired) electrons. The van der Waals surface area contributed by atoms with Gasteiger partial charge in [-0.3, -0.25) is 0 Å². The number of unbranched alkanes of at least 4 members (excludes halogenated alkanes) is 2. The van der Waals surface area contributed by atoms with Crippen LogP contribution in [0.3, 0.4) is 0 Å². The third-order valence-corrected chi connectivity index (χ3v) is 6.67. The van der Waals surface area contributed by atoms with Crippen LogP contribution in [0.2, 0.25) is 0 Å². The lowest BCUT2D eigenvalue weighted by Gasteiger charge is -2.40. The van der Waals surface area contributed by atoms with Crippen molar-refractivity contribution in [2.45, 2.75) is 77.2 Å². The van der Waals surface area contributed by atoms with Gasteiger partial charge in [0.25, 0.3) is 0 Å². The fourth-order valence-electron chi connectivity index (χ4n) is 4.71. The van der Waals surface area contributed by atoms with Gasteiger partial charge in [-0.05, 0) is 66.9 Å². The van der Waals surface area contributed by atoms with Crippen molar-refractivity contribution in [3.63, 3.8) is 0 Å². The SMILES string of the molecule is CCCCC[C@H]1CC[C@H](C2(N)C=CC(c3ccc(N)c(C)c3)=CC2)CC1. The maximum absolute atomic E-state index is 6.84. The maximum Gasteiger partial charge on any atom is 0.0406 e. The van der Waals surface area contributed by atoms with E-state index in [0.29, 0.717) is 5.92 Å². The Hall–Kier alpha value is -1.54. The molecule has 0 aliphatic heterocycles. The van der Waals surface area contributed by atoms with Crippen molar-refractivity contribution >= 4 is 11.3 Å². The van der Waals surface area contributed by atoms with Crippen molar-refractivity contribution in [1.82, 2.24) is 0 Å². The van der Waals surface area contributed by atoms with Gasteiger partial charge in [0.2, 0.25) is 0 Å². The Morgan fingerprint density at radius 1 is 1.12 bits per heavy atom. The topological polar surface area (TPSA) is 52.0 Å². The minimum Gasteiger partial charge on any atom is -0.399 e. The summed E-state index contributed by atoms with van der Waals surface area (Å²) in [6.45, 7) is 4.36. The molecular formula is C24H36N2. The Balaban J connectivity index is 1.57. The molecule has 2 nitrogen and oxygen atoms in total. The van der Waals surface area contributed by atoms with Crippen molar-refractivity contribution in [2.75, 3.05) is 5.73 Å². The first-order chi connectivity index (χ1) is 12.5. The number of anilines is 1. The van der Waals surface area contributed by atoms with Crippen LogP contribution in [0.5, 0.6) is 0 Å². The predicted molar refractivity (Wildman–Crippen MR) is 114 cm³/mol. The molecule has 0 saturated heterocycles. The highest BCUT2D eigenvalue weighted by Crippen LogP contribution is 2.41. The average Bonchev–Trinajstić information content (AvgIpc) is 2.65. The molecule has 2 heteroatoms. The first-order valence-electron chi connectivity index (χ1n) is 10.6. The second-order valence-electron chi connectivity index (χ2n) is 8.59. The van der Waals surface area contributed by atoms with Gasteiger partial charge in [-0.15, -0.1) is 0 Å². The van der Waals surface area contributed by atoms with Crippen molar-refractivity contribution < 1.29 is 0 Å². The largest absolute Gasteiger partial charge is 0.399 e. The van der Waals surface area contributed by atoms with E-state index in [2.05, 4.69) is 44.2 Å². The molecule has 142 valence electrons. The second kappa shape index (κ2) is 8.43. The normalized spacial score (nSPS) is 28.8. The molecule has 3 rings (SSSR count). The first kappa shape index (κ1) is 19.2. The fourth-order valence-corrected chi connectivity index (χ4v) is 4.71. The molecule has 1 unspecified atom stereocenters. The molecule has 4 N–H and O–H groups in total. The van der Waals surface area contributed by atoms with Crippen LogP contribution >= 0.6 is 0 Å². The number of benzene rings is 1. The second-order valence-corrected chi connectivity index (χ2v) is 8.59. The lowest BCUT2D eigenvalue weighted by molar-refractivity contribution is 0.196. The predicted octanol–water partition coefficient (Wildman–Crippen LogP) is 6.00. The molecule has 26 heavy (non-hydrogen) atoms. The number of aryl methyl sites for hydroxylation is 1. The van der Waals surface area contributed by atoms with E-state index in [9.17, 15) is 0 Å². The number of nitrogens with two attached hydrogens (primary N) is 2. The van der Waals surface area contributed by atoms with Crippen LogP contribution in [0.1, 0.15) is 75.8 Å². The van der Waals surface area contributed by atoms with E-state index in [0.717, 1.165) is 23.6 Å². The van der Waals surface area contributed by atoms with Gasteiger partial charge in [-0.25, -0.2) is 0 Å². The third-order valence-electron chi connectivity index (χ3n) is 6.67. The summed E-state index contributed by atoms with van der Waals surface area (Å²) in [5.74, 6) is 1.57. The van der Waals surface area contributed by atoms with Crippen LogP contribution in [0.4, 0.5) is 5.69 Å². The number of hydrogen-bond donors (Lipinski definition) is 2. The van der Waals surface area contributed by atoms with Gasteiger partial charge < -0.3 is 11.5 Å². The Morgan fingerprint density at radius 2 is 1.88 bits per heavy atom. The van der Waals surface area contributed by atoms with Crippen LogP contribution in [0.15, 0.2) is 36.4 Å². The molecule has 1 fully saturated rings. The van der Waals surface area contributed by atoms with Crippen molar-refractivity contribution in [3.8, 4) is 0 Å². The van der Waals surface area contributed by atoms with Crippen LogP contribution in [0.25, 0.3) is 5.57 Å². The van der Waals surface area contributed by atoms with Gasteiger partial charge in [0, 0.05) is 11.2 Å². The van der Waals surface area contributed by atoms with Gasteiger partial charge in [0.15, 0.2) is 0 Å². The summed E-state index contributed by atoms with van der Waals surface area (Å²) in [5.41, 5.74) is 17.2. The third kappa shape index (κ3) is 4.40. The minimum atomic E-state index is -0.152. The van der Waals surface area contributed by atoms with Gasteiger partial charge in [-0.1, -0.05) is 69.7 Å². The molecule has 1 atom stereocenters. The van der Waals surface area contributed by atoms with Gasteiger partial charge >= 0.3 is 0 Å².